The molecule has 1 fully saturated rings. The Morgan fingerprint density at radius 1 is 1.05 bits per heavy atom. The normalized spacial score (nSPS) is 16.4. The van der Waals surface area contributed by atoms with E-state index in [9.17, 15) is 0 Å². The van der Waals surface area contributed by atoms with E-state index in [0.29, 0.717) is 12.6 Å². The largest absolute Gasteiger partial charge is 0.490 e. The number of hydrogen-bond donors (Lipinski definition) is 2. The van der Waals surface area contributed by atoms with E-state index in [2.05, 4.69) is 41.7 Å². The van der Waals surface area contributed by atoms with E-state index >= 15 is 0 Å². The Labute approximate surface area is 120 Å². The third-order valence-corrected chi connectivity index (χ3v) is 3.90. The Hall–Kier alpha value is -1.58. The molecule has 1 aliphatic rings. The lowest BCUT2D eigenvalue weighted by molar-refractivity contribution is 0.162. The Kier molecular flexibility index (Phi) is 4.19. The summed E-state index contributed by atoms with van der Waals surface area (Å²) < 4.78 is 6.08. The SMILES string of the molecule is NCCc1ccc2cc(OC3CCNCC3)ccc2c1. The van der Waals surface area contributed by atoms with Gasteiger partial charge in [0.25, 0.3) is 0 Å². The van der Waals surface area contributed by atoms with E-state index in [1.165, 1.54) is 16.3 Å². The first-order valence-electron chi connectivity index (χ1n) is 7.45. The molecular formula is C17H22N2O. The average Bonchev–Trinajstić information content (AvgIpc) is 2.49. The van der Waals surface area contributed by atoms with Gasteiger partial charge in [-0.25, -0.2) is 0 Å². The zero-order valence-electron chi connectivity index (χ0n) is 11.8. The van der Waals surface area contributed by atoms with Crippen LogP contribution in [-0.2, 0) is 6.42 Å². The van der Waals surface area contributed by atoms with Crippen LogP contribution in [0.5, 0.6) is 5.75 Å². The second-order valence-corrected chi connectivity index (χ2v) is 5.45. The predicted molar refractivity (Wildman–Crippen MR) is 83.2 cm³/mol. The summed E-state index contributed by atoms with van der Waals surface area (Å²) in [6.07, 6.45) is 3.47. The molecule has 0 spiro atoms. The standard InChI is InChI=1S/C17H22N2O/c18-8-5-13-1-2-15-12-17(4-3-14(15)11-13)20-16-6-9-19-10-7-16/h1-4,11-12,16,19H,5-10,18H2. The van der Waals surface area contributed by atoms with Gasteiger partial charge in [0.15, 0.2) is 0 Å². The number of piperidine rings is 1. The molecule has 20 heavy (non-hydrogen) atoms. The molecule has 0 atom stereocenters. The third-order valence-electron chi connectivity index (χ3n) is 3.90. The first-order valence-corrected chi connectivity index (χ1v) is 7.45. The summed E-state index contributed by atoms with van der Waals surface area (Å²) in [7, 11) is 0. The van der Waals surface area contributed by atoms with Crippen LogP contribution in [0.4, 0.5) is 0 Å². The highest BCUT2D eigenvalue weighted by atomic mass is 16.5. The highest BCUT2D eigenvalue weighted by Gasteiger charge is 2.14. The molecule has 0 bridgehead atoms. The first kappa shape index (κ1) is 13.4. The van der Waals surface area contributed by atoms with Crippen molar-refractivity contribution in [3.63, 3.8) is 0 Å². The molecule has 1 aliphatic heterocycles. The minimum Gasteiger partial charge on any atom is -0.490 e. The average molecular weight is 270 g/mol. The van der Waals surface area contributed by atoms with E-state index in [1.807, 2.05) is 0 Å². The molecule has 1 saturated heterocycles. The minimum atomic E-state index is 0.352. The van der Waals surface area contributed by atoms with E-state index < -0.39 is 0 Å². The van der Waals surface area contributed by atoms with Crippen molar-refractivity contribution < 1.29 is 4.74 Å². The smallest absolute Gasteiger partial charge is 0.120 e. The molecule has 0 saturated carbocycles. The van der Waals surface area contributed by atoms with Gasteiger partial charge in [0.1, 0.15) is 11.9 Å². The van der Waals surface area contributed by atoms with Gasteiger partial charge in [-0.1, -0.05) is 24.3 Å². The number of ether oxygens (including phenoxy) is 1. The van der Waals surface area contributed by atoms with Crippen molar-refractivity contribution in [3.8, 4) is 5.75 Å². The summed E-state index contributed by atoms with van der Waals surface area (Å²) in [6, 6.07) is 12.9. The summed E-state index contributed by atoms with van der Waals surface area (Å²) in [5, 5.41) is 5.85. The van der Waals surface area contributed by atoms with E-state index in [0.717, 1.165) is 38.1 Å². The van der Waals surface area contributed by atoms with Crippen LogP contribution in [0.3, 0.4) is 0 Å². The van der Waals surface area contributed by atoms with Gasteiger partial charge in [0.2, 0.25) is 0 Å². The lowest BCUT2D eigenvalue weighted by Crippen LogP contribution is -2.34. The summed E-state index contributed by atoms with van der Waals surface area (Å²) in [6.45, 7) is 2.81. The van der Waals surface area contributed by atoms with Gasteiger partial charge in [-0.3, -0.25) is 0 Å². The van der Waals surface area contributed by atoms with E-state index in [-0.39, 0.29) is 0 Å². The fraction of sp³-hybridized carbons (Fsp3) is 0.412. The summed E-state index contributed by atoms with van der Waals surface area (Å²) in [5.74, 6) is 0.982. The van der Waals surface area contributed by atoms with Gasteiger partial charge in [-0.05, 0) is 67.4 Å². The molecule has 1 heterocycles. The summed E-state index contributed by atoms with van der Waals surface area (Å²) in [4.78, 5) is 0. The molecule has 0 aromatic heterocycles. The molecule has 3 N–H and O–H groups in total. The van der Waals surface area contributed by atoms with Crippen molar-refractivity contribution in [3.05, 3.63) is 42.0 Å². The Morgan fingerprint density at radius 3 is 2.60 bits per heavy atom. The second kappa shape index (κ2) is 6.25. The fourth-order valence-corrected chi connectivity index (χ4v) is 2.77. The molecule has 0 aliphatic carbocycles. The highest BCUT2D eigenvalue weighted by molar-refractivity contribution is 5.84. The number of hydrogen-bond acceptors (Lipinski definition) is 3. The van der Waals surface area contributed by atoms with Crippen LogP contribution >= 0.6 is 0 Å². The van der Waals surface area contributed by atoms with E-state index in [4.69, 9.17) is 10.5 Å². The minimum absolute atomic E-state index is 0.352. The Balaban J connectivity index is 1.77. The van der Waals surface area contributed by atoms with Crippen LogP contribution < -0.4 is 15.8 Å². The molecule has 2 aromatic rings. The molecule has 2 aromatic carbocycles. The van der Waals surface area contributed by atoms with Crippen molar-refractivity contribution >= 4 is 10.8 Å². The maximum Gasteiger partial charge on any atom is 0.120 e. The van der Waals surface area contributed by atoms with Crippen LogP contribution in [-0.4, -0.2) is 25.7 Å². The van der Waals surface area contributed by atoms with E-state index in [1.54, 1.807) is 0 Å². The van der Waals surface area contributed by atoms with Gasteiger partial charge in [-0.15, -0.1) is 0 Å². The molecule has 0 unspecified atom stereocenters. The zero-order chi connectivity index (χ0) is 13.8. The number of nitrogens with two attached hydrogens (primary N) is 1. The number of rotatable bonds is 4. The Morgan fingerprint density at radius 2 is 1.80 bits per heavy atom. The maximum atomic E-state index is 6.08. The lowest BCUT2D eigenvalue weighted by Gasteiger charge is -2.24. The maximum absolute atomic E-state index is 6.08. The quantitative estimate of drug-likeness (QED) is 0.897. The highest BCUT2D eigenvalue weighted by Crippen LogP contribution is 2.24. The van der Waals surface area contributed by atoms with Gasteiger partial charge in [-0.2, -0.15) is 0 Å². The molecular weight excluding hydrogens is 248 g/mol. The van der Waals surface area contributed by atoms with Gasteiger partial charge in [0, 0.05) is 0 Å². The predicted octanol–water partition coefficient (Wildman–Crippen LogP) is 2.47. The van der Waals surface area contributed by atoms with Gasteiger partial charge in [0.05, 0.1) is 0 Å². The first-order chi connectivity index (χ1) is 9.85. The van der Waals surface area contributed by atoms with Crippen LogP contribution in [0.2, 0.25) is 0 Å². The summed E-state index contributed by atoms with van der Waals surface area (Å²) in [5.41, 5.74) is 6.91. The van der Waals surface area contributed by atoms with Crippen molar-refractivity contribution in [2.75, 3.05) is 19.6 Å². The molecule has 0 amide bonds. The van der Waals surface area contributed by atoms with Crippen LogP contribution in [0.1, 0.15) is 18.4 Å². The van der Waals surface area contributed by atoms with Crippen molar-refractivity contribution in [1.82, 2.24) is 5.32 Å². The zero-order valence-corrected chi connectivity index (χ0v) is 11.8. The summed E-state index contributed by atoms with van der Waals surface area (Å²) >= 11 is 0. The fourth-order valence-electron chi connectivity index (χ4n) is 2.77. The second-order valence-electron chi connectivity index (χ2n) is 5.45. The molecule has 106 valence electrons. The monoisotopic (exact) mass is 270 g/mol. The van der Waals surface area contributed by atoms with Crippen LogP contribution in [0, 0.1) is 0 Å². The molecule has 3 rings (SSSR count). The molecule has 0 radical (unpaired) electrons. The van der Waals surface area contributed by atoms with Gasteiger partial charge >= 0.3 is 0 Å². The van der Waals surface area contributed by atoms with Crippen molar-refractivity contribution in [2.24, 2.45) is 5.73 Å². The third kappa shape index (κ3) is 3.11. The number of nitrogens with one attached hydrogen (secondary N) is 1. The lowest BCUT2D eigenvalue weighted by atomic mass is 10.0. The van der Waals surface area contributed by atoms with Gasteiger partial charge < -0.3 is 15.8 Å². The molecule has 3 nitrogen and oxygen atoms in total. The number of fused-ring (bicyclic) bond motifs is 1. The number of benzene rings is 2. The molecule has 3 heteroatoms. The van der Waals surface area contributed by atoms with Crippen LogP contribution in [0.25, 0.3) is 10.8 Å². The Bertz CT molecular complexity index is 576. The van der Waals surface area contributed by atoms with Crippen LogP contribution in [0.15, 0.2) is 36.4 Å². The van der Waals surface area contributed by atoms with Crippen molar-refractivity contribution in [1.29, 1.82) is 0 Å². The van der Waals surface area contributed by atoms with Crippen molar-refractivity contribution in [2.45, 2.75) is 25.4 Å². The topological polar surface area (TPSA) is 47.3 Å².